The van der Waals surface area contributed by atoms with E-state index < -0.39 is 28.4 Å². The van der Waals surface area contributed by atoms with E-state index in [0.717, 1.165) is 4.90 Å². The number of fused-ring (bicyclic) bond motifs is 1. The molecule has 2 rings (SSSR count). The fraction of sp³-hybridized carbons (Fsp3) is 0.308. The van der Waals surface area contributed by atoms with E-state index in [2.05, 4.69) is 0 Å². The second-order valence-corrected chi connectivity index (χ2v) is 4.27. The van der Waals surface area contributed by atoms with Gasteiger partial charge in [0.2, 0.25) is 0 Å². The van der Waals surface area contributed by atoms with E-state index >= 15 is 0 Å². The van der Waals surface area contributed by atoms with Gasteiger partial charge in [-0.3, -0.25) is 29.4 Å². The number of esters is 1. The molecule has 0 atom stereocenters. The lowest BCUT2D eigenvalue weighted by molar-refractivity contribution is -0.385. The summed E-state index contributed by atoms with van der Waals surface area (Å²) in [5.41, 5.74) is -0.654. The van der Waals surface area contributed by atoms with Gasteiger partial charge < -0.3 is 4.74 Å². The number of carbonyl (C=O) groups is 3. The van der Waals surface area contributed by atoms with Crippen LogP contribution in [0.25, 0.3) is 0 Å². The zero-order valence-electron chi connectivity index (χ0n) is 11.2. The van der Waals surface area contributed by atoms with Gasteiger partial charge in [-0.25, -0.2) is 0 Å². The molecule has 1 aromatic carbocycles. The van der Waals surface area contributed by atoms with E-state index in [4.69, 9.17) is 4.74 Å². The highest BCUT2D eigenvalue weighted by atomic mass is 16.6. The highest BCUT2D eigenvalue weighted by Gasteiger charge is 2.40. The number of imide groups is 1. The van der Waals surface area contributed by atoms with Crippen molar-refractivity contribution in [2.75, 3.05) is 13.2 Å². The van der Waals surface area contributed by atoms with Gasteiger partial charge in [-0.2, -0.15) is 0 Å². The Bertz CT molecular complexity index is 640. The zero-order chi connectivity index (χ0) is 15.6. The van der Waals surface area contributed by atoms with Crippen LogP contribution in [-0.2, 0) is 9.53 Å². The molecule has 8 nitrogen and oxygen atoms in total. The SMILES string of the molecule is CCOC(=O)CCN1C(=O)c2cccc([N+](=O)[O-])c2C1=O. The molecule has 0 saturated carbocycles. The number of hydrogen-bond donors (Lipinski definition) is 0. The minimum atomic E-state index is -0.758. The molecule has 0 radical (unpaired) electrons. The summed E-state index contributed by atoms with van der Waals surface area (Å²) in [5.74, 6) is -1.93. The van der Waals surface area contributed by atoms with E-state index in [0.29, 0.717) is 0 Å². The maximum atomic E-state index is 12.2. The van der Waals surface area contributed by atoms with Gasteiger partial charge >= 0.3 is 5.97 Å². The summed E-state index contributed by atoms with van der Waals surface area (Å²) < 4.78 is 4.71. The number of rotatable bonds is 5. The first kappa shape index (κ1) is 14.6. The topological polar surface area (TPSA) is 107 Å². The standard InChI is InChI=1S/C13H12N2O6/c1-2-21-10(16)6-7-14-12(17)8-4-3-5-9(15(19)20)11(8)13(14)18/h3-5H,2,6-7H2,1H3. The van der Waals surface area contributed by atoms with Crippen LogP contribution in [-0.4, -0.2) is 40.8 Å². The summed E-state index contributed by atoms with van der Waals surface area (Å²) in [7, 11) is 0. The lowest BCUT2D eigenvalue weighted by Crippen LogP contribution is -2.32. The number of carbonyl (C=O) groups excluding carboxylic acids is 3. The molecule has 0 aromatic heterocycles. The van der Waals surface area contributed by atoms with E-state index in [1.165, 1.54) is 18.2 Å². The first-order valence-electron chi connectivity index (χ1n) is 6.26. The van der Waals surface area contributed by atoms with Crippen LogP contribution in [0.4, 0.5) is 5.69 Å². The molecule has 1 aromatic rings. The zero-order valence-corrected chi connectivity index (χ0v) is 11.2. The summed E-state index contributed by atoms with van der Waals surface area (Å²) in [5, 5.41) is 10.9. The van der Waals surface area contributed by atoms with Crippen LogP contribution in [0.5, 0.6) is 0 Å². The number of hydrogen-bond acceptors (Lipinski definition) is 6. The number of nitro groups is 1. The molecule has 0 aliphatic carbocycles. The molecule has 0 unspecified atom stereocenters. The highest BCUT2D eigenvalue weighted by molar-refractivity contribution is 6.23. The van der Waals surface area contributed by atoms with Crippen molar-refractivity contribution >= 4 is 23.5 Å². The Balaban J connectivity index is 2.24. The van der Waals surface area contributed by atoms with E-state index in [1.54, 1.807) is 6.92 Å². The van der Waals surface area contributed by atoms with Crippen molar-refractivity contribution in [1.82, 2.24) is 4.90 Å². The third kappa shape index (κ3) is 2.60. The Kier molecular flexibility index (Phi) is 3.97. The van der Waals surface area contributed by atoms with Crippen molar-refractivity contribution in [3.05, 3.63) is 39.4 Å². The molecule has 0 fully saturated rings. The van der Waals surface area contributed by atoms with Crippen LogP contribution in [0.3, 0.4) is 0 Å². The Hall–Kier alpha value is -2.77. The summed E-state index contributed by atoms with van der Waals surface area (Å²) in [6.45, 7) is 1.68. The van der Waals surface area contributed by atoms with Gasteiger partial charge in [0.05, 0.1) is 23.5 Å². The predicted octanol–water partition coefficient (Wildman–Crippen LogP) is 1.14. The van der Waals surface area contributed by atoms with Crippen LogP contribution >= 0.6 is 0 Å². The normalized spacial score (nSPS) is 13.3. The Morgan fingerprint density at radius 1 is 1.33 bits per heavy atom. The Labute approximate surface area is 119 Å². The number of amides is 2. The summed E-state index contributed by atoms with van der Waals surface area (Å²) in [6, 6.07) is 3.86. The summed E-state index contributed by atoms with van der Waals surface area (Å²) in [4.78, 5) is 46.6. The molecular weight excluding hydrogens is 280 g/mol. The quantitative estimate of drug-likeness (QED) is 0.348. The molecular formula is C13H12N2O6. The largest absolute Gasteiger partial charge is 0.466 e. The van der Waals surface area contributed by atoms with E-state index in [1.807, 2.05) is 0 Å². The van der Waals surface area contributed by atoms with Gasteiger partial charge in [0.15, 0.2) is 0 Å². The molecule has 0 bridgehead atoms. The maximum Gasteiger partial charge on any atom is 0.307 e. The number of nitrogens with zero attached hydrogens (tertiary/aromatic N) is 2. The molecule has 21 heavy (non-hydrogen) atoms. The molecule has 0 spiro atoms. The summed E-state index contributed by atoms with van der Waals surface area (Å²) >= 11 is 0. The average Bonchev–Trinajstić information content (AvgIpc) is 2.69. The molecule has 1 heterocycles. The first-order chi connectivity index (χ1) is 9.97. The van der Waals surface area contributed by atoms with Gasteiger partial charge in [-0.1, -0.05) is 6.07 Å². The van der Waals surface area contributed by atoms with Crippen LogP contribution < -0.4 is 0 Å². The monoisotopic (exact) mass is 292 g/mol. The van der Waals surface area contributed by atoms with Crippen molar-refractivity contribution < 1.29 is 24.0 Å². The lowest BCUT2D eigenvalue weighted by Gasteiger charge is -2.12. The first-order valence-corrected chi connectivity index (χ1v) is 6.26. The molecule has 2 amide bonds. The minimum Gasteiger partial charge on any atom is -0.466 e. The molecule has 0 saturated heterocycles. The smallest absolute Gasteiger partial charge is 0.307 e. The van der Waals surface area contributed by atoms with Crippen LogP contribution in [0.2, 0.25) is 0 Å². The number of nitro benzene ring substituents is 1. The van der Waals surface area contributed by atoms with Crippen molar-refractivity contribution in [3.8, 4) is 0 Å². The van der Waals surface area contributed by atoms with Crippen molar-refractivity contribution in [2.45, 2.75) is 13.3 Å². The predicted molar refractivity (Wildman–Crippen MR) is 69.7 cm³/mol. The second-order valence-electron chi connectivity index (χ2n) is 4.27. The summed E-state index contributed by atoms with van der Waals surface area (Å²) in [6.07, 6.45) is -0.146. The minimum absolute atomic E-state index is 0.0157. The molecule has 1 aliphatic rings. The third-order valence-electron chi connectivity index (χ3n) is 3.02. The lowest BCUT2D eigenvalue weighted by atomic mass is 10.1. The molecule has 0 N–H and O–H groups in total. The third-order valence-corrected chi connectivity index (χ3v) is 3.02. The fourth-order valence-corrected chi connectivity index (χ4v) is 2.11. The van der Waals surface area contributed by atoms with Crippen LogP contribution in [0.15, 0.2) is 18.2 Å². The van der Waals surface area contributed by atoms with Gasteiger partial charge in [0, 0.05) is 12.6 Å². The maximum absolute atomic E-state index is 12.2. The Morgan fingerprint density at radius 2 is 2.05 bits per heavy atom. The number of ether oxygens (including phenoxy) is 1. The molecule has 8 heteroatoms. The van der Waals surface area contributed by atoms with Gasteiger partial charge in [0.1, 0.15) is 5.56 Å². The molecule has 110 valence electrons. The van der Waals surface area contributed by atoms with Gasteiger partial charge in [0.25, 0.3) is 17.5 Å². The second kappa shape index (κ2) is 5.70. The number of benzene rings is 1. The van der Waals surface area contributed by atoms with E-state index in [9.17, 15) is 24.5 Å². The molecule has 1 aliphatic heterocycles. The van der Waals surface area contributed by atoms with Crippen LogP contribution in [0, 0.1) is 10.1 Å². The van der Waals surface area contributed by atoms with Crippen molar-refractivity contribution in [2.24, 2.45) is 0 Å². The Morgan fingerprint density at radius 3 is 2.67 bits per heavy atom. The van der Waals surface area contributed by atoms with Crippen molar-refractivity contribution in [3.63, 3.8) is 0 Å². The highest BCUT2D eigenvalue weighted by Crippen LogP contribution is 2.30. The van der Waals surface area contributed by atoms with Gasteiger partial charge in [-0.15, -0.1) is 0 Å². The average molecular weight is 292 g/mol. The van der Waals surface area contributed by atoms with Gasteiger partial charge in [-0.05, 0) is 13.0 Å². The van der Waals surface area contributed by atoms with E-state index in [-0.39, 0.29) is 30.7 Å². The fourth-order valence-electron chi connectivity index (χ4n) is 2.11. The van der Waals surface area contributed by atoms with Crippen molar-refractivity contribution in [1.29, 1.82) is 0 Å². The van der Waals surface area contributed by atoms with Crippen LogP contribution in [0.1, 0.15) is 34.1 Å².